The predicted molar refractivity (Wildman–Crippen MR) is 72.4 cm³/mol. The molecule has 0 saturated heterocycles. The SMILES string of the molecule is CCCCCCCCC(CCCCO)S(=O)(=O)[O-].[Na+]. The van der Waals surface area contributed by atoms with Crippen molar-refractivity contribution in [2.45, 2.75) is 76.4 Å². The Morgan fingerprint density at radius 3 is 1.89 bits per heavy atom. The van der Waals surface area contributed by atoms with E-state index in [0.717, 1.165) is 19.3 Å². The molecule has 0 saturated carbocycles. The predicted octanol–water partition coefficient (Wildman–Crippen LogP) is -0.183. The average molecular weight is 302 g/mol. The van der Waals surface area contributed by atoms with Crippen LogP contribution in [0.2, 0.25) is 0 Å². The largest absolute Gasteiger partial charge is 1.00 e. The molecule has 0 radical (unpaired) electrons. The molecule has 1 unspecified atom stereocenters. The summed E-state index contributed by atoms with van der Waals surface area (Å²) in [6.45, 7) is 2.21. The summed E-state index contributed by atoms with van der Waals surface area (Å²) < 4.78 is 33.2. The minimum absolute atomic E-state index is 0. The average Bonchev–Trinajstić information content (AvgIpc) is 2.30. The quantitative estimate of drug-likeness (QED) is 0.308. The zero-order chi connectivity index (χ0) is 13.9. The summed E-state index contributed by atoms with van der Waals surface area (Å²) in [5, 5.41) is 7.90. The monoisotopic (exact) mass is 302 g/mol. The Hall–Kier alpha value is 0.870. The Bertz CT molecular complexity index is 280. The second kappa shape index (κ2) is 13.8. The molecule has 6 heteroatoms. The van der Waals surface area contributed by atoms with Crippen LogP contribution in [0.4, 0.5) is 0 Å². The van der Waals surface area contributed by atoms with E-state index in [1.165, 1.54) is 19.3 Å². The number of unbranched alkanes of at least 4 members (excludes halogenated alkanes) is 6. The van der Waals surface area contributed by atoms with Crippen LogP contribution in [0.15, 0.2) is 0 Å². The minimum atomic E-state index is -4.17. The number of hydrogen-bond donors (Lipinski definition) is 1. The molecule has 0 rings (SSSR count). The third-order valence-electron chi connectivity index (χ3n) is 3.22. The summed E-state index contributed by atoms with van der Waals surface area (Å²) in [5.74, 6) is 0. The van der Waals surface area contributed by atoms with Gasteiger partial charge >= 0.3 is 29.6 Å². The van der Waals surface area contributed by atoms with Gasteiger partial charge in [0.15, 0.2) is 0 Å². The summed E-state index contributed by atoms with van der Waals surface area (Å²) in [6, 6.07) is 0. The number of rotatable bonds is 12. The first-order chi connectivity index (χ1) is 8.52. The normalized spacial score (nSPS) is 13.0. The van der Waals surface area contributed by atoms with Gasteiger partial charge in [0.25, 0.3) is 0 Å². The van der Waals surface area contributed by atoms with Gasteiger partial charge in [-0.3, -0.25) is 0 Å². The van der Waals surface area contributed by atoms with E-state index in [1.54, 1.807) is 0 Å². The summed E-state index contributed by atoms with van der Waals surface area (Å²) in [7, 11) is -4.17. The fourth-order valence-electron chi connectivity index (χ4n) is 2.07. The molecule has 0 fully saturated rings. The number of aliphatic hydroxyl groups is 1. The van der Waals surface area contributed by atoms with Crippen molar-refractivity contribution in [2.24, 2.45) is 0 Å². The fraction of sp³-hybridized carbons (Fsp3) is 1.00. The van der Waals surface area contributed by atoms with Crippen molar-refractivity contribution >= 4 is 10.1 Å². The van der Waals surface area contributed by atoms with Crippen LogP contribution in [0, 0.1) is 0 Å². The number of hydrogen-bond acceptors (Lipinski definition) is 4. The van der Waals surface area contributed by atoms with E-state index in [4.69, 9.17) is 5.11 Å². The third kappa shape index (κ3) is 13.6. The van der Waals surface area contributed by atoms with E-state index in [2.05, 4.69) is 6.92 Å². The van der Waals surface area contributed by atoms with Crippen molar-refractivity contribution in [3.8, 4) is 0 Å². The molecular weight excluding hydrogens is 275 g/mol. The molecule has 0 spiro atoms. The van der Waals surface area contributed by atoms with Crippen LogP contribution in [0.1, 0.15) is 71.1 Å². The zero-order valence-corrected chi connectivity index (χ0v) is 15.3. The summed E-state index contributed by atoms with van der Waals surface area (Å²) in [4.78, 5) is 0. The van der Waals surface area contributed by atoms with Crippen LogP contribution >= 0.6 is 0 Å². The molecule has 1 N–H and O–H groups in total. The molecule has 0 aromatic rings. The Labute approximate surface area is 140 Å². The van der Waals surface area contributed by atoms with Gasteiger partial charge in [0.2, 0.25) is 0 Å². The van der Waals surface area contributed by atoms with Crippen LogP contribution in [0.5, 0.6) is 0 Å². The fourth-order valence-corrected chi connectivity index (χ4v) is 2.98. The van der Waals surface area contributed by atoms with Gasteiger partial charge in [-0.25, -0.2) is 8.42 Å². The smallest absolute Gasteiger partial charge is 0.748 e. The topological polar surface area (TPSA) is 77.4 Å². The van der Waals surface area contributed by atoms with Gasteiger partial charge in [0, 0.05) is 11.9 Å². The molecule has 1 atom stereocenters. The van der Waals surface area contributed by atoms with Crippen LogP contribution in [-0.4, -0.2) is 29.9 Å². The zero-order valence-electron chi connectivity index (χ0n) is 12.4. The molecule has 19 heavy (non-hydrogen) atoms. The van der Waals surface area contributed by atoms with Gasteiger partial charge in [-0.15, -0.1) is 0 Å². The molecule has 4 nitrogen and oxygen atoms in total. The van der Waals surface area contributed by atoms with Gasteiger partial charge in [-0.1, -0.05) is 45.4 Å². The van der Waals surface area contributed by atoms with Crippen LogP contribution in [0.3, 0.4) is 0 Å². The summed E-state index contributed by atoms with van der Waals surface area (Å²) in [5.41, 5.74) is 0. The maximum atomic E-state index is 11.1. The third-order valence-corrected chi connectivity index (χ3v) is 4.51. The standard InChI is InChI=1S/C13H28O4S.Na/c1-2-3-4-5-6-7-10-13(18(15,16)17)11-8-9-12-14;/h13-14H,2-12H2,1H3,(H,15,16,17);/q;+1/p-1. The molecule has 0 aromatic carbocycles. The van der Waals surface area contributed by atoms with Crippen LogP contribution in [-0.2, 0) is 10.1 Å². The molecule has 0 aromatic heterocycles. The van der Waals surface area contributed by atoms with Gasteiger partial charge in [0.05, 0.1) is 10.1 Å². The summed E-state index contributed by atoms with van der Waals surface area (Å²) >= 11 is 0. The van der Waals surface area contributed by atoms with Gasteiger partial charge in [-0.05, 0) is 25.7 Å². The molecule has 110 valence electrons. The first-order valence-electron chi connectivity index (χ1n) is 7.08. The van der Waals surface area contributed by atoms with E-state index in [0.29, 0.717) is 25.7 Å². The van der Waals surface area contributed by atoms with E-state index < -0.39 is 15.4 Å². The molecule has 0 amide bonds. The maximum absolute atomic E-state index is 11.1. The Balaban J connectivity index is 0. The molecule has 0 aliphatic carbocycles. The molecule has 0 aliphatic heterocycles. The summed E-state index contributed by atoms with van der Waals surface area (Å²) in [6.07, 6.45) is 8.59. The van der Waals surface area contributed by atoms with E-state index in [1.807, 2.05) is 0 Å². The van der Waals surface area contributed by atoms with Crippen molar-refractivity contribution in [3.63, 3.8) is 0 Å². The maximum Gasteiger partial charge on any atom is 1.00 e. The molecule has 0 bridgehead atoms. The second-order valence-corrected chi connectivity index (χ2v) is 6.54. The first-order valence-corrected chi connectivity index (χ1v) is 8.55. The van der Waals surface area contributed by atoms with E-state index in [9.17, 15) is 13.0 Å². The minimum Gasteiger partial charge on any atom is -0.748 e. The van der Waals surface area contributed by atoms with Crippen molar-refractivity contribution in [1.29, 1.82) is 0 Å². The van der Waals surface area contributed by atoms with Crippen molar-refractivity contribution in [3.05, 3.63) is 0 Å². The number of aliphatic hydroxyl groups excluding tert-OH is 1. The van der Waals surface area contributed by atoms with E-state index >= 15 is 0 Å². The van der Waals surface area contributed by atoms with E-state index in [-0.39, 0.29) is 36.2 Å². The Morgan fingerprint density at radius 2 is 1.42 bits per heavy atom. The first kappa shape index (κ1) is 22.2. The molecular formula is C13H27NaO4S. The second-order valence-electron chi connectivity index (χ2n) is 4.89. The molecule has 0 aliphatic rings. The van der Waals surface area contributed by atoms with Crippen molar-refractivity contribution in [1.82, 2.24) is 0 Å². The van der Waals surface area contributed by atoms with Gasteiger partial charge in [-0.2, -0.15) is 0 Å². The van der Waals surface area contributed by atoms with Gasteiger partial charge < -0.3 is 9.66 Å². The van der Waals surface area contributed by atoms with Crippen LogP contribution < -0.4 is 29.6 Å². The van der Waals surface area contributed by atoms with Gasteiger partial charge in [0.1, 0.15) is 0 Å². The Morgan fingerprint density at radius 1 is 0.947 bits per heavy atom. The van der Waals surface area contributed by atoms with Crippen molar-refractivity contribution < 1.29 is 47.6 Å². The van der Waals surface area contributed by atoms with Crippen molar-refractivity contribution in [2.75, 3.05) is 6.61 Å². The van der Waals surface area contributed by atoms with Crippen LogP contribution in [0.25, 0.3) is 0 Å². The Kier molecular flexibility index (Phi) is 16.1. The molecule has 0 heterocycles.